The summed E-state index contributed by atoms with van der Waals surface area (Å²) in [6.45, 7) is 2.19. The Morgan fingerprint density at radius 2 is 1.81 bits per heavy atom. The summed E-state index contributed by atoms with van der Waals surface area (Å²) >= 11 is 1.93. The van der Waals surface area contributed by atoms with Crippen LogP contribution in [0.1, 0.15) is 41.6 Å². The number of rotatable bonds is 5. The second-order valence-electron chi connectivity index (χ2n) is 5.82. The third-order valence-corrected chi connectivity index (χ3v) is 5.46. The van der Waals surface area contributed by atoms with E-state index in [1.807, 2.05) is 18.8 Å². The van der Waals surface area contributed by atoms with Crippen molar-refractivity contribution in [3.63, 3.8) is 0 Å². The van der Waals surface area contributed by atoms with Gasteiger partial charge in [-0.05, 0) is 67.6 Å². The molecule has 0 aromatic heterocycles. The summed E-state index contributed by atoms with van der Waals surface area (Å²) in [6, 6.07) is 16.4. The fourth-order valence-corrected chi connectivity index (χ4v) is 3.74. The van der Waals surface area contributed by atoms with Gasteiger partial charge in [0.2, 0.25) is 0 Å². The Labute approximate surface area is 132 Å². The molecule has 21 heavy (non-hydrogen) atoms. The van der Waals surface area contributed by atoms with E-state index >= 15 is 0 Å². The van der Waals surface area contributed by atoms with E-state index in [-0.39, 0.29) is 0 Å². The maximum Gasteiger partial charge on any atom is 0.0289 e. The quantitative estimate of drug-likeness (QED) is 0.799. The Hall–Kier alpha value is -1.25. The van der Waals surface area contributed by atoms with Crippen LogP contribution in [-0.4, -0.2) is 7.05 Å². The molecule has 0 fully saturated rings. The van der Waals surface area contributed by atoms with Crippen molar-refractivity contribution in [3.8, 4) is 0 Å². The van der Waals surface area contributed by atoms with Crippen molar-refractivity contribution >= 4 is 11.8 Å². The topological polar surface area (TPSA) is 12.0 Å². The molecule has 1 atom stereocenters. The van der Waals surface area contributed by atoms with E-state index in [9.17, 15) is 0 Å². The first-order valence-corrected chi connectivity index (χ1v) is 8.75. The maximum absolute atomic E-state index is 3.28. The molecule has 0 spiro atoms. The van der Waals surface area contributed by atoms with Crippen LogP contribution in [0.4, 0.5) is 0 Å². The summed E-state index contributed by atoms with van der Waals surface area (Å²) < 4.78 is 0. The number of benzene rings is 2. The second kappa shape index (κ2) is 6.67. The summed E-state index contributed by atoms with van der Waals surface area (Å²) in [5.41, 5.74) is 5.94. The average molecular weight is 297 g/mol. The number of fused-ring (bicyclic) bond motifs is 1. The summed E-state index contributed by atoms with van der Waals surface area (Å²) in [4.78, 5) is 1.35. The second-order valence-corrected chi connectivity index (χ2v) is 6.87. The molecule has 0 radical (unpaired) electrons. The van der Waals surface area contributed by atoms with Crippen molar-refractivity contribution in [2.45, 2.75) is 42.9 Å². The smallest absolute Gasteiger partial charge is 0.0289 e. The largest absolute Gasteiger partial charge is 0.313 e. The van der Waals surface area contributed by atoms with Crippen molar-refractivity contribution in [2.75, 3.05) is 7.05 Å². The van der Waals surface area contributed by atoms with E-state index in [1.165, 1.54) is 35.3 Å². The van der Waals surface area contributed by atoms with Gasteiger partial charge in [-0.2, -0.15) is 0 Å². The minimum Gasteiger partial charge on any atom is -0.313 e. The highest BCUT2D eigenvalue weighted by Crippen LogP contribution is 2.28. The fourth-order valence-electron chi connectivity index (χ4n) is 2.90. The van der Waals surface area contributed by atoms with E-state index in [4.69, 9.17) is 0 Å². The molecule has 2 aromatic carbocycles. The first-order chi connectivity index (χ1) is 10.3. The lowest BCUT2D eigenvalue weighted by Gasteiger charge is -2.11. The van der Waals surface area contributed by atoms with Gasteiger partial charge in [-0.25, -0.2) is 0 Å². The maximum atomic E-state index is 3.28. The van der Waals surface area contributed by atoms with Crippen LogP contribution in [-0.2, 0) is 18.6 Å². The zero-order chi connectivity index (χ0) is 14.7. The van der Waals surface area contributed by atoms with Crippen LogP contribution in [0.2, 0.25) is 0 Å². The van der Waals surface area contributed by atoms with Crippen molar-refractivity contribution in [2.24, 2.45) is 0 Å². The molecule has 0 amide bonds. The van der Waals surface area contributed by atoms with Crippen LogP contribution in [0.25, 0.3) is 0 Å². The van der Waals surface area contributed by atoms with Gasteiger partial charge < -0.3 is 5.32 Å². The molecular formula is C19H23NS. The molecular weight excluding hydrogens is 274 g/mol. The molecule has 1 nitrogen and oxygen atoms in total. The lowest BCUT2D eigenvalue weighted by atomic mass is 10.1. The molecule has 0 bridgehead atoms. The van der Waals surface area contributed by atoms with Gasteiger partial charge in [-0.1, -0.05) is 30.3 Å². The highest BCUT2D eigenvalue weighted by Gasteiger charge is 2.10. The van der Waals surface area contributed by atoms with Gasteiger partial charge in [0.25, 0.3) is 0 Å². The van der Waals surface area contributed by atoms with Crippen LogP contribution < -0.4 is 5.32 Å². The van der Waals surface area contributed by atoms with E-state index in [1.54, 1.807) is 11.1 Å². The van der Waals surface area contributed by atoms with E-state index in [0.717, 1.165) is 5.75 Å². The number of hydrogen-bond donors (Lipinski definition) is 1. The first-order valence-electron chi connectivity index (χ1n) is 7.77. The highest BCUT2D eigenvalue weighted by atomic mass is 32.2. The molecule has 0 aliphatic heterocycles. The molecule has 3 rings (SSSR count). The molecule has 110 valence electrons. The zero-order valence-electron chi connectivity index (χ0n) is 12.9. The average Bonchev–Trinajstić information content (AvgIpc) is 3.00. The van der Waals surface area contributed by atoms with Crippen LogP contribution in [0.3, 0.4) is 0 Å². The van der Waals surface area contributed by atoms with Crippen LogP contribution >= 0.6 is 11.8 Å². The van der Waals surface area contributed by atoms with Gasteiger partial charge in [0, 0.05) is 16.7 Å². The number of nitrogens with one attached hydrogen (secondary N) is 1. The van der Waals surface area contributed by atoms with E-state index in [0.29, 0.717) is 6.04 Å². The predicted molar refractivity (Wildman–Crippen MR) is 91.9 cm³/mol. The third kappa shape index (κ3) is 3.50. The molecule has 1 N–H and O–H groups in total. The van der Waals surface area contributed by atoms with Crippen LogP contribution in [0.15, 0.2) is 47.4 Å². The third-order valence-electron chi connectivity index (χ3n) is 4.38. The molecule has 0 heterocycles. The number of thioether (sulfide) groups is 1. The normalized spacial score (nSPS) is 15.0. The predicted octanol–water partition coefficient (Wildman–Crippen LogP) is 4.75. The molecule has 1 aliphatic carbocycles. The van der Waals surface area contributed by atoms with E-state index in [2.05, 4.69) is 54.7 Å². The van der Waals surface area contributed by atoms with Gasteiger partial charge in [0.15, 0.2) is 0 Å². The Morgan fingerprint density at radius 1 is 1.05 bits per heavy atom. The summed E-state index contributed by atoms with van der Waals surface area (Å²) in [5.74, 6) is 1.06. The van der Waals surface area contributed by atoms with Crippen molar-refractivity contribution in [1.82, 2.24) is 5.32 Å². The van der Waals surface area contributed by atoms with Gasteiger partial charge >= 0.3 is 0 Å². The lowest BCUT2D eigenvalue weighted by Crippen LogP contribution is -2.11. The standard InChI is InChI=1S/C19H23NS/c1-14(20-2)16-8-10-19(11-9-16)21-13-15-6-7-17-4-3-5-18(17)12-15/h6-12,14,20H,3-5,13H2,1-2H3. The molecule has 2 aromatic rings. The van der Waals surface area contributed by atoms with Crippen LogP contribution in [0, 0.1) is 0 Å². The summed E-state index contributed by atoms with van der Waals surface area (Å²) in [5, 5.41) is 3.28. The molecule has 0 saturated heterocycles. The highest BCUT2D eigenvalue weighted by molar-refractivity contribution is 7.98. The number of hydrogen-bond acceptors (Lipinski definition) is 2. The summed E-state index contributed by atoms with van der Waals surface area (Å²) in [7, 11) is 2.00. The monoisotopic (exact) mass is 297 g/mol. The molecule has 1 unspecified atom stereocenters. The van der Waals surface area contributed by atoms with Gasteiger partial charge in [0.05, 0.1) is 0 Å². The van der Waals surface area contributed by atoms with Gasteiger partial charge in [-0.3, -0.25) is 0 Å². The van der Waals surface area contributed by atoms with E-state index < -0.39 is 0 Å². The minimum absolute atomic E-state index is 0.417. The summed E-state index contributed by atoms with van der Waals surface area (Å²) in [6.07, 6.45) is 3.87. The van der Waals surface area contributed by atoms with Crippen molar-refractivity contribution in [3.05, 3.63) is 64.7 Å². The molecule has 0 saturated carbocycles. The van der Waals surface area contributed by atoms with Crippen LogP contribution in [0.5, 0.6) is 0 Å². The molecule has 1 aliphatic rings. The van der Waals surface area contributed by atoms with Gasteiger partial charge in [0.1, 0.15) is 0 Å². The lowest BCUT2D eigenvalue weighted by molar-refractivity contribution is 0.652. The minimum atomic E-state index is 0.417. The Morgan fingerprint density at radius 3 is 2.57 bits per heavy atom. The number of aryl methyl sites for hydroxylation is 2. The fraction of sp³-hybridized carbons (Fsp3) is 0.368. The van der Waals surface area contributed by atoms with Crippen molar-refractivity contribution < 1.29 is 0 Å². The Bertz CT molecular complexity index is 603. The van der Waals surface area contributed by atoms with Gasteiger partial charge in [-0.15, -0.1) is 11.8 Å². The Balaban J connectivity index is 1.62. The Kier molecular flexibility index (Phi) is 4.67. The first kappa shape index (κ1) is 14.7. The van der Waals surface area contributed by atoms with Crippen molar-refractivity contribution in [1.29, 1.82) is 0 Å². The zero-order valence-corrected chi connectivity index (χ0v) is 13.7. The molecule has 2 heteroatoms. The SMILES string of the molecule is CNC(C)c1ccc(SCc2ccc3c(c2)CCC3)cc1.